The lowest BCUT2D eigenvalue weighted by Crippen LogP contribution is -2.46. The van der Waals surface area contributed by atoms with Crippen molar-refractivity contribution < 1.29 is 22.4 Å². The fourth-order valence-electron chi connectivity index (χ4n) is 3.62. The Kier molecular flexibility index (Phi) is 8.22. The van der Waals surface area contributed by atoms with Gasteiger partial charge in [0.1, 0.15) is 5.82 Å². The van der Waals surface area contributed by atoms with Crippen LogP contribution in [0.2, 0.25) is 5.02 Å². The minimum absolute atomic E-state index is 0.0995. The van der Waals surface area contributed by atoms with Crippen LogP contribution in [-0.2, 0) is 26.2 Å². The number of amides is 2. The van der Waals surface area contributed by atoms with Crippen molar-refractivity contribution in [3.05, 3.63) is 64.9 Å². The highest BCUT2D eigenvalue weighted by Crippen LogP contribution is 2.27. The molecule has 3 rings (SSSR count). The number of piperidine rings is 1. The van der Waals surface area contributed by atoms with E-state index in [2.05, 4.69) is 10.6 Å². The van der Waals surface area contributed by atoms with Crippen molar-refractivity contribution in [2.75, 3.05) is 13.1 Å². The SMILES string of the molecule is O=C(NCCC1CCCCN1S(=O)(=O)c1ccc(Cl)cc1)C(=O)NCc1ccc(F)cc1. The van der Waals surface area contributed by atoms with E-state index in [9.17, 15) is 22.4 Å². The van der Waals surface area contributed by atoms with Gasteiger partial charge in [0.2, 0.25) is 10.0 Å². The lowest BCUT2D eigenvalue weighted by molar-refractivity contribution is -0.139. The topological polar surface area (TPSA) is 95.6 Å². The molecule has 2 N–H and O–H groups in total. The van der Waals surface area contributed by atoms with Gasteiger partial charge >= 0.3 is 11.8 Å². The Morgan fingerprint density at radius 2 is 1.66 bits per heavy atom. The molecule has 2 aromatic rings. The van der Waals surface area contributed by atoms with Gasteiger partial charge in [-0.2, -0.15) is 4.31 Å². The molecule has 1 aliphatic heterocycles. The number of carbonyl (C=O) groups is 2. The van der Waals surface area contributed by atoms with Crippen LogP contribution < -0.4 is 10.6 Å². The summed E-state index contributed by atoms with van der Waals surface area (Å²) in [7, 11) is -3.68. The number of halogens is 2. The van der Waals surface area contributed by atoms with Crippen LogP contribution in [0, 0.1) is 5.82 Å². The molecule has 2 amide bonds. The number of hydrogen-bond donors (Lipinski definition) is 2. The molecule has 0 bridgehead atoms. The molecule has 32 heavy (non-hydrogen) atoms. The Morgan fingerprint density at radius 1 is 1.00 bits per heavy atom. The van der Waals surface area contributed by atoms with Gasteiger partial charge in [-0.15, -0.1) is 0 Å². The third-order valence-electron chi connectivity index (χ3n) is 5.33. The largest absolute Gasteiger partial charge is 0.348 e. The zero-order valence-electron chi connectivity index (χ0n) is 17.4. The molecule has 0 aliphatic carbocycles. The summed E-state index contributed by atoms with van der Waals surface area (Å²) in [6.45, 7) is 0.671. The van der Waals surface area contributed by atoms with E-state index in [1.807, 2.05) is 0 Å². The van der Waals surface area contributed by atoms with Gasteiger partial charge in [-0.3, -0.25) is 9.59 Å². The third-order valence-corrected chi connectivity index (χ3v) is 7.55. The van der Waals surface area contributed by atoms with Crippen LogP contribution in [0.4, 0.5) is 4.39 Å². The van der Waals surface area contributed by atoms with E-state index in [4.69, 9.17) is 11.6 Å². The predicted octanol–water partition coefficient (Wildman–Crippen LogP) is 2.85. The van der Waals surface area contributed by atoms with Gasteiger partial charge in [0.05, 0.1) is 4.90 Å². The first kappa shape index (κ1) is 24.2. The van der Waals surface area contributed by atoms with Crippen LogP contribution >= 0.6 is 11.6 Å². The second-order valence-electron chi connectivity index (χ2n) is 7.57. The summed E-state index contributed by atoms with van der Waals surface area (Å²) in [5.41, 5.74) is 0.665. The molecule has 0 saturated carbocycles. The molecule has 1 aliphatic rings. The van der Waals surface area contributed by atoms with Crippen molar-refractivity contribution in [3.8, 4) is 0 Å². The first-order valence-corrected chi connectivity index (χ1v) is 12.2. The number of nitrogens with zero attached hydrogens (tertiary/aromatic N) is 1. The van der Waals surface area contributed by atoms with Crippen LogP contribution in [0.1, 0.15) is 31.2 Å². The van der Waals surface area contributed by atoms with E-state index in [-0.39, 0.29) is 29.8 Å². The molecule has 2 aromatic carbocycles. The van der Waals surface area contributed by atoms with Crippen LogP contribution in [0.3, 0.4) is 0 Å². The number of benzene rings is 2. The Labute approximate surface area is 192 Å². The maximum atomic E-state index is 13.1. The molecule has 0 aromatic heterocycles. The molecule has 1 fully saturated rings. The van der Waals surface area contributed by atoms with Gasteiger partial charge in [-0.25, -0.2) is 12.8 Å². The highest BCUT2D eigenvalue weighted by atomic mass is 35.5. The van der Waals surface area contributed by atoms with E-state index in [1.165, 1.54) is 52.8 Å². The molecule has 7 nitrogen and oxygen atoms in total. The standard InChI is InChI=1S/C22H25ClFN3O4S/c23-17-6-10-20(11-7-17)32(30,31)27-14-2-1-3-19(27)12-13-25-21(28)22(29)26-15-16-4-8-18(24)9-5-16/h4-11,19H,1-3,12-15H2,(H,25,28)(H,26,29). The van der Waals surface area contributed by atoms with Gasteiger partial charge in [0.15, 0.2) is 0 Å². The molecule has 1 heterocycles. The predicted molar refractivity (Wildman–Crippen MR) is 119 cm³/mol. The summed E-state index contributed by atoms with van der Waals surface area (Å²) in [6.07, 6.45) is 2.73. The minimum atomic E-state index is -3.68. The van der Waals surface area contributed by atoms with Crippen LogP contribution in [0.25, 0.3) is 0 Å². The first-order valence-electron chi connectivity index (χ1n) is 10.4. The van der Waals surface area contributed by atoms with Crippen molar-refractivity contribution in [3.63, 3.8) is 0 Å². The summed E-state index contributed by atoms with van der Waals surface area (Å²) in [4.78, 5) is 24.2. The fraction of sp³-hybridized carbons (Fsp3) is 0.364. The lowest BCUT2D eigenvalue weighted by Gasteiger charge is -2.34. The smallest absolute Gasteiger partial charge is 0.309 e. The van der Waals surface area contributed by atoms with Crippen molar-refractivity contribution in [1.82, 2.24) is 14.9 Å². The average Bonchev–Trinajstić information content (AvgIpc) is 2.79. The molecule has 0 spiro atoms. The van der Waals surface area contributed by atoms with E-state index < -0.39 is 21.8 Å². The zero-order chi connectivity index (χ0) is 23.1. The number of nitrogens with one attached hydrogen (secondary N) is 2. The zero-order valence-corrected chi connectivity index (χ0v) is 19.0. The summed E-state index contributed by atoms with van der Waals surface area (Å²) in [5.74, 6) is -1.98. The Hall–Kier alpha value is -2.49. The minimum Gasteiger partial charge on any atom is -0.348 e. The van der Waals surface area contributed by atoms with Crippen LogP contribution in [0.15, 0.2) is 53.4 Å². The molecule has 1 unspecified atom stereocenters. The second-order valence-corrected chi connectivity index (χ2v) is 9.90. The van der Waals surface area contributed by atoms with E-state index in [0.29, 0.717) is 30.0 Å². The van der Waals surface area contributed by atoms with Crippen molar-refractivity contribution >= 4 is 33.4 Å². The molecule has 172 valence electrons. The fourth-order valence-corrected chi connectivity index (χ4v) is 5.47. The van der Waals surface area contributed by atoms with Gasteiger partial charge in [0, 0.05) is 30.7 Å². The van der Waals surface area contributed by atoms with Crippen molar-refractivity contribution in [1.29, 1.82) is 0 Å². The lowest BCUT2D eigenvalue weighted by atomic mass is 10.0. The van der Waals surface area contributed by atoms with Crippen LogP contribution in [0.5, 0.6) is 0 Å². The maximum Gasteiger partial charge on any atom is 0.309 e. The van der Waals surface area contributed by atoms with Crippen LogP contribution in [-0.4, -0.2) is 43.7 Å². The summed E-state index contributed by atoms with van der Waals surface area (Å²) >= 11 is 5.87. The summed E-state index contributed by atoms with van der Waals surface area (Å²) < 4.78 is 40.5. The monoisotopic (exact) mass is 481 g/mol. The third kappa shape index (κ3) is 6.27. The van der Waals surface area contributed by atoms with E-state index in [1.54, 1.807) is 0 Å². The highest BCUT2D eigenvalue weighted by Gasteiger charge is 2.33. The van der Waals surface area contributed by atoms with E-state index in [0.717, 1.165) is 12.8 Å². The van der Waals surface area contributed by atoms with Gasteiger partial charge in [0.25, 0.3) is 0 Å². The maximum absolute atomic E-state index is 13.1. The molecule has 0 radical (unpaired) electrons. The molecule has 10 heteroatoms. The number of hydrogen-bond acceptors (Lipinski definition) is 4. The Balaban J connectivity index is 1.51. The average molecular weight is 482 g/mol. The summed E-state index contributed by atoms with van der Waals surface area (Å²) in [5, 5.41) is 5.48. The molecular weight excluding hydrogens is 457 g/mol. The van der Waals surface area contributed by atoms with Gasteiger partial charge in [-0.1, -0.05) is 30.2 Å². The second kappa shape index (κ2) is 10.9. The highest BCUT2D eigenvalue weighted by molar-refractivity contribution is 7.89. The Morgan fingerprint density at radius 3 is 2.34 bits per heavy atom. The van der Waals surface area contributed by atoms with Crippen molar-refractivity contribution in [2.45, 2.75) is 43.2 Å². The molecule has 1 saturated heterocycles. The molecule has 1 atom stereocenters. The van der Waals surface area contributed by atoms with Crippen molar-refractivity contribution in [2.24, 2.45) is 0 Å². The molecular formula is C22H25ClFN3O4S. The number of carbonyl (C=O) groups excluding carboxylic acids is 2. The first-order chi connectivity index (χ1) is 15.3. The van der Waals surface area contributed by atoms with Gasteiger partial charge in [-0.05, 0) is 61.2 Å². The number of rotatable bonds is 7. The normalized spacial score (nSPS) is 17.0. The quantitative estimate of drug-likeness (QED) is 0.594. The Bertz CT molecular complexity index is 1050. The van der Waals surface area contributed by atoms with Gasteiger partial charge < -0.3 is 10.6 Å². The number of sulfonamides is 1. The summed E-state index contributed by atoms with van der Waals surface area (Å²) in [6, 6.07) is 11.4. The van der Waals surface area contributed by atoms with E-state index >= 15 is 0 Å².